The van der Waals surface area contributed by atoms with Crippen LogP contribution in [0.1, 0.15) is 0 Å². The average molecular weight is 111 g/mol. The smallest absolute Gasteiger partial charge is 0.159 e. The first-order valence-corrected chi connectivity index (χ1v) is 1.85. The lowest BCUT2D eigenvalue weighted by Gasteiger charge is -2.00. The number of rotatable bonds is 2. The number of halogens is 3. The summed E-state index contributed by atoms with van der Waals surface area (Å²) in [4.78, 5) is 0. The SMILES string of the molecule is [CH2]C(F)C(F)CF. The molecule has 0 rings (SSSR count). The largest absolute Gasteiger partial charge is 0.248 e. The Morgan fingerprint density at radius 2 is 1.86 bits per heavy atom. The van der Waals surface area contributed by atoms with E-state index >= 15 is 0 Å². The fourth-order valence-electron chi connectivity index (χ4n) is 0.0967. The van der Waals surface area contributed by atoms with Gasteiger partial charge in [-0.2, -0.15) is 0 Å². The highest BCUT2D eigenvalue weighted by Crippen LogP contribution is 2.01. The molecule has 3 heteroatoms. The molecule has 2 atom stereocenters. The second kappa shape index (κ2) is 2.88. The van der Waals surface area contributed by atoms with Crippen molar-refractivity contribution >= 4 is 0 Å². The summed E-state index contributed by atoms with van der Waals surface area (Å²) in [6.07, 6.45) is -3.97. The molecule has 0 aromatic rings. The standard InChI is InChI=1S/C4H6F3/c1-3(6)4(7)2-5/h3-4H,1-2H2. The van der Waals surface area contributed by atoms with E-state index in [1.807, 2.05) is 0 Å². The number of hydrogen-bond donors (Lipinski definition) is 0. The third-order valence-electron chi connectivity index (χ3n) is 0.540. The van der Waals surface area contributed by atoms with E-state index in [0.29, 0.717) is 0 Å². The highest BCUT2D eigenvalue weighted by Gasteiger charge is 2.13. The highest BCUT2D eigenvalue weighted by atomic mass is 19.2. The molecule has 0 aromatic heterocycles. The zero-order chi connectivity index (χ0) is 5.86. The van der Waals surface area contributed by atoms with Crippen LogP contribution in [0.4, 0.5) is 13.2 Å². The molecule has 0 saturated heterocycles. The van der Waals surface area contributed by atoms with Crippen LogP contribution in [-0.4, -0.2) is 19.0 Å². The summed E-state index contributed by atoms with van der Waals surface area (Å²) >= 11 is 0. The molecule has 0 amide bonds. The van der Waals surface area contributed by atoms with Crippen molar-refractivity contribution in [3.8, 4) is 0 Å². The van der Waals surface area contributed by atoms with Crippen LogP contribution in [-0.2, 0) is 0 Å². The van der Waals surface area contributed by atoms with E-state index in [1.165, 1.54) is 0 Å². The molecule has 0 heterocycles. The zero-order valence-corrected chi connectivity index (χ0v) is 3.70. The van der Waals surface area contributed by atoms with Crippen molar-refractivity contribution in [2.24, 2.45) is 0 Å². The first-order chi connectivity index (χ1) is 3.18. The summed E-state index contributed by atoms with van der Waals surface area (Å²) < 4.78 is 33.8. The van der Waals surface area contributed by atoms with E-state index in [2.05, 4.69) is 6.92 Å². The Morgan fingerprint density at radius 3 is 1.86 bits per heavy atom. The van der Waals surface area contributed by atoms with Crippen molar-refractivity contribution in [3.63, 3.8) is 0 Å². The normalized spacial score (nSPS) is 18.9. The minimum absolute atomic E-state index is 1.29. The van der Waals surface area contributed by atoms with Gasteiger partial charge in [0.1, 0.15) is 12.8 Å². The van der Waals surface area contributed by atoms with Gasteiger partial charge in [-0.25, -0.2) is 13.2 Å². The van der Waals surface area contributed by atoms with Crippen LogP contribution in [0, 0.1) is 6.92 Å². The van der Waals surface area contributed by atoms with Gasteiger partial charge >= 0.3 is 0 Å². The van der Waals surface area contributed by atoms with Crippen LogP contribution in [0.5, 0.6) is 0 Å². The van der Waals surface area contributed by atoms with Crippen molar-refractivity contribution in [2.45, 2.75) is 12.3 Å². The molecule has 0 N–H and O–H groups in total. The van der Waals surface area contributed by atoms with Gasteiger partial charge in [0.25, 0.3) is 0 Å². The topological polar surface area (TPSA) is 0 Å². The lowest BCUT2D eigenvalue weighted by Crippen LogP contribution is -2.14. The predicted octanol–water partition coefficient (Wildman–Crippen LogP) is 1.47. The van der Waals surface area contributed by atoms with E-state index in [0.717, 1.165) is 0 Å². The molecular formula is C4H6F3. The molecule has 0 aliphatic rings. The lowest BCUT2D eigenvalue weighted by molar-refractivity contribution is 0.167. The summed E-state index contributed by atoms with van der Waals surface area (Å²) in [5.74, 6) is 0. The lowest BCUT2D eigenvalue weighted by atomic mass is 10.3. The Morgan fingerprint density at radius 1 is 1.43 bits per heavy atom. The zero-order valence-electron chi connectivity index (χ0n) is 3.70. The van der Waals surface area contributed by atoms with Crippen molar-refractivity contribution in [3.05, 3.63) is 6.92 Å². The summed E-state index contributed by atoms with van der Waals surface area (Å²) in [6, 6.07) is 0. The summed E-state index contributed by atoms with van der Waals surface area (Å²) in [6.45, 7) is 1.34. The van der Waals surface area contributed by atoms with Crippen LogP contribution in [0.25, 0.3) is 0 Å². The van der Waals surface area contributed by atoms with Gasteiger partial charge in [-0.05, 0) is 6.92 Å². The first kappa shape index (κ1) is 6.79. The molecule has 0 nitrogen and oxygen atoms in total. The van der Waals surface area contributed by atoms with Crippen LogP contribution in [0.15, 0.2) is 0 Å². The van der Waals surface area contributed by atoms with Crippen molar-refractivity contribution < 1.29 is 13.2 Å². The highest BCUT2D eigenvalue weighted by molar-refractivity contribution is 4.67. The fraction of sp³-hybridized carbons (Fsp3) is 0.750. The van der Waals surface area contributed by atoms with Crippen LogP contribution in [0.2, 0.25) is 0 Å². The Hall–Kier alpha value is -0.210. The van der Waals surface area contributed by atoms with Gasteiger partial charge in [0, 0.05) is 0 Å². The monoisotopic (exact) mass is 111 g/mol. The van der Waals surface area contributed by atoms with Crippen LogP contribution in [0.3, 0.4) is 0 Å². The molecule has 2 unspecified atom stereocenters. The second-order valence-corrected chi connectivity index (χ2v) is 1.19. The van der Waals surface area contributed by atoms with Crippen molar-refractivity contribution in [1.29, 1.82) is 0 Å². The van der Waals surface area contributed by atoms with Gasteiger partial charge in [-0.15, -0.1) is 0 Å². The molecule has 43 valence electrons. The van der Waals surface area contributed by atoms with Gasteiger partial charge in [0.2, 0.25) is 0 Å². The quantitative estimate of drug-likeness (QED) is 0.506. The maximum Gasteiger partial charge on any atom is 0.159 e. The maximum atomic E-state index is 11.4. The predicted molar refractivity (Wildman–Crippen MR) is 21.1 cm³/mol. The minimum atomic E-state index is -2.04. The summed E-state index contributed by atoms with van der Waals surface area (Å²) in [7, 11) is 0. The van der Waals surface area contributed by atoms with Gasteiger partial charge in [-0.1, -0.05) is 0 Å². The first-order valence-electron chi connectivity index (χ1n) is 1.85. The molecule has 1 radical (unpaired) electrons. The Kier molecular flexibility index (Phi) is 2.79. The third kappa shape index (κ3) is 2.48. The molecule has 0 saturated carbocycles. The molecule has 0 fully saturated rings. The van der Waals surface area contributed by atoms with E-state index in [4.69, 9.17) is 0 Å². The second-order valence-electron chi connectivity index (χ2n) is 1.19. The van der Waals surface area contributed by atoms with E-state index in [9.17, 15) is 13.2 Å². The molecule has 7 heavy (non-hydrogen) atoms. The molecule has 0 aromatic carbocycles. The number of alkyl halides is 3. The number of hydrogen-bond acceptors (Lipinski definition) is 0. The molecule has 0 aliphatic heterocycles. The third-order valence-corrected chi connectivity index (χ3v) is 0.540. The van der Waals surface area contributed by atoms with Gasteiger partial charge in [0.05, 0.1) is 0 Å². The van der Waals surface area contributed by atoms with Gasteiger partial charge in [0.15, 0.2) is 6.17 Å². The molecule has 0 bridgehead atoms. The molecule has 0 spiro atoms. The Bertz CT molecular complexity index is 44.2. The fourth-order valence-corrected chi connectivity index (χ4v) is 0.0967. The van der Waals surface area contributed by atoms with Crippen LogP contribution < -0.4 is 0 Å². The van der Waals surface area contributed by atoms with E-state index < -0.39 is 19.0 Å². The summed E-state index contributed by atoms with van der Waals surface area (Å²) in [5, 5.41) is 0. The average Bonchev–Trinajstić information content (AvgIpc) is 1.65. The van der Waals surface area contributed by atoms with Gasteiger partial charge < -0.3 is 0 Å². The minimum Gasteiger partial charge on any atom is -0.248 e. The Labute approximate surface area is 40.3 Å². The molecule has 0 aliphatic carbocycles. The van der Waals surface area contributed by atoms with Crippen LogP contribution >= 0.6 is 0 Å². The van der Waals surface area contributed by atoms with Gasteiger partial charge in [-0.3, -0.25) is 0 Å². The summed E-state index contributed by atoms with van der Waals surface area (Å²) in [5.41, 5.74) is 0. The Balaban J connectivity index is 3.14. The van der Waals surface area contributed by atoms with E-state index in [1.54, 1.807) is 0 Å². The maximum absolute atomic E-state index is 11.4. The molecular weight excluding hydrogens is 105 g/mol. The van der Waals surface area contributed by atoms with Crippen molar-refractivity contribution in [1.82, 2.24) is 0 Å². The van der Waals surface area contributed by atoms with E-state index in [-0.39, 0.29) is 0 Å². The van der Waals surface area contributed by atoms with Crippen molar-refractivity contribution in [2.75, 3.05) is 6.67 Å².